The summed E-state index contributed by atoms with van der Waals surface area (Å²) in [6, 6.07) is 7.97. The zero-order valence-electron chi connectivity index (χ0n) is 11.2. The number of aryl methyl sites for hydroxylation is 2. The summed E-state index contributed by atoms with van der Waals surface area (Å²) in [4.78, 5) is 12.7. The third-order valence-electron chi connectivity index (χ3n) is 2.85. The number of carbonyl (C=O) groups is 1. The molecule has 2 aromatic rings. The molecular formula is C15H16O3S. The Kier molecular flexibility index (Phi) is 4.32. The van der Waals surface area contributed by atoms with E-state index in [0.717, 1.165) is 0 Å². The number of ether oxygens (including phenoxy) is 1. The summed E-state index contributed by atoms with van der Waals surface area (Å²) in [5.74, 6) is 0.907. The zero-order valence-corrected chi connectivity index (χ0v) is 12.0. The van der Waals surface area contributed by atoms with Crippen LogP contribution < -0.4 is 0 Å². The Balaban J connectivity index is 2.13. The molecule has 4 heteroatoms. The molecule has 0 radical (unpaired) electrons. The van der Waals surface area contributed by atoms with Crippen molar-refractivity contribution in [1.29, 1.82) is 0 Å². The third-order valence-corrected chi connectivity index (χ3v) is 4.01. The first-order chi connectivity index (χ1) is 9.11. The standard InChI is InChI=1S/C15H16O3S/c1-10-4-5-11(2)14(8-10)19-9-13-12(6-7-18-13)15(16)17-3/h4-8H,9H2,1-3H3. The SMILES string of the molecule is COC(=O)c1ccoc1CSc1cc(C)ccc1C. The molecule has 2 rings (SSSR count). The highest BCUT2D eigenvalue weighted by Gasteiger charge is 2.15. The lowest BCUT2D eigenvalue weighted by Crippen LogP contribution is -2.02. The van der Waals surface area contributed by atoms with Crippen LogP contribution >= 0.6 is 11.8 Å². The second kappa shape index (κ2) is 5.97. The van der Waals surface area contributed by atoms with Crippen LogP contribution in [0.25, 0.3) is 0 Å². The Hall–Kier alpha value is -1.68. The van der Waals surface area contributed by atoms with Crippen molar-refractivity contribution >= 4 is 17.7 Å². The second-order valence-electron chi connectivity index (χ2n) is 4.31. The second-order valence-corrected chi connectivity index (χ2v) is 5.32. The molecule has 0 aliphatic carbocycles. The minimum atomic E-state index is -0.356. The zero-order chi connectivity index (χ0) is 13.8. The number of thioether (sulfide) groups is 1. The number of rotatable bonds is 4. The van der Waals surface area contributed by atoms with E-state index >= 15 is 0 Å². The van der Waals surface area contributed by atoms with Gasteiger partial charge in [-0.2, -0.15) is 0 Å². The van der Waals surface area contributed by atoms with Crippen LogP contribution in [0.2, 0.25) is 0 Å². The van der Waals surface area contributed by atoms with Crippen LogP contribution in [0.3, 0.4) is 0 Å². The minimum Gasteiger partial charge on any atom is -0.468 e. The maximum absolute atomic E-state index is 11.5. The molecule has 0 spiro atoms. The van der Waals surface area contributed by atoms with Gasteiger partial charge < -0.3 is 9.15 Å². The van der Waals surface area contributed by atoms with Gasteiger partial charge in [-0.1, -0.05) is 17.7 Å². The minimum absolute atomic E-state index is 0.356. The van der Waals surface area contributed by atoms with Gasteiger partial charge >= 0.3 is 5.97 Å². The van der Waals surface area contributed by atoms with Crippen LogP contribution in [0.5, 0.6) is 0 Å². The van der Waals surface area contributed by atoms with Crippen LogP contribution in [0.1, 0.15) is 27.2 Å². The smallest absolute Gasteiger partial charge is 0.341 e. The van der Waals surface area contributed by atoms with Crippen LogP contribution in [-0.4, -0.2) is 13.1 Å². The molecule has 0 unspecified atom stereocenters. The molecule has 0 aliphatic heterocycles. The number of hydrogen-bond donors (Lipinski definition) is 0. The maximum Gasteiger partial charge on any atom is 0.341 e. The summed E-state index contributed by atoms with van der Waals surface area (Å²) < 4.78 is 10.1. The fraction of sp³-hybridized carbons (Fsp3) is 0.267. The lowest BCUT2D eigenvalue weighted by atomic mass is 10.2. The van der Waals surface area contributed by atoms with E-state index in [-0.39, 0.29) is 5.97 Å². The highest BCUT2D eigenvalue weighted by atomic mass is 32.2. The lowest BCUT2D eigenvalue weighted by molar-refractivity contribution is 0.0598. The molecule has 0 aliphatic rings. The van der Waals surface area contributed by atoms with Crippen molar-refractivity contribution < 1.29 is 13.9 Å². The highest BCUT2D eigenvalue weighted by Crippen LogP contribution is 2.28. The Bertz CT molecular complexity index is 587. The molecule has 0 bridgehead atoms. The van der Waals surface area contributed by atoms with E-state index in [9.17, 15) is 4.79 Å². The Labute approximate surface area is 117 Å². The number of carbonyl (C=O) groups excluding carboxylic acids is 1. The van der Waals surface area contributed by atoms with Crippen LogP contribution in [0, 0.1) is 13.8 Å². The molecule has 1 aromatic heterocycles. The van der Waals surface area contributed by atoms with Crippen LogP contribution in [0.15, 0.2) is 39.8 Å². The molecule has 1 heterocycles. The lowest BCUT2D eigenvalue weighted by Gasteiger charge is -2.06. The van der Waals surface area contributed by atoms with Gasteiger partial charge in [0, 0.05) is 4.90 Å². The summed E-state index contributed by atoms with van der Waals surface area (Å²) in [6.07, 6.45) is 1.52. The fourth-order valence-electron chi connectivity index (χ4n) is 1.75. The van der Waals surface area contributed by atoms with Crippen molar-refractivity contribution in [2.45, 2.75) is 24.5 Å². The fourth-order valence-corrected chi connectivity index (χ4v) is 2.83. The van der Waals surface area contributed by atoms with E-state index in [1.54, 1.807) is 17.8 Å². The number of methoxy groups -OCH3 is 1. The van der Waals surface area contributed by atoms with Gasteiger partial charge in [0.05, 0.1) is 19.1 Å². The number of esters is 1. The number of benzene rings is 1. The Morgan fingerprint density at radius 3 is 2.84 bits per heavy atom. The monoisotopic (exact) mass is 276 g/mol. The molecule has 0 saturated heterocycles. The average Bonchev–Trinajstić information content (AvgIpc) is 2.87. The number of hydrogen-bond acceptors (Lipinski definition) is 4. The summed E-state index contributed by atoms with van der Waals surface area (Å²) in [7, 11) is 1.37. The Morgan fingerprint density at radius 1 is 1.32 bits per heavy atom. The summed E-state index contributed by atoms with van der Waals surface area (Å²) in [6.45, 7) is 4.14. The van der Waals surface area contributed by atoms with E-state index in [0.29, 0.717) is 17.1 Å². The van der Waals surface area contributed by atoms with Gasteiger partial charge in [-0.3, -0.25) is 0 Å². The first kappa shape index (κ1) is 13.7. The molecular weight excluding hydrogens is 260 g/mol. The molecule has 0 fully saturated rings. The molecule has 100 valence electrons. The summed E-state index contributed by atoms with van der Waals surface area (Å²) in [5.41, 5.74) is 2.95. The quantitative estimate of drug-likeness (QED) is 0.625. The van der Waals surface area contributed by atoms with Crippen molar-refractivity contribution in [3.05, 3.63) is 53.0 Å². The topological polar surface area (TPSA) is 39.4 Å². The predicted molar refractivity (Wildman–Crippen MR) is 75.5 cm³/mol. The van der Waals surface area contributed by atoms with Gasteiger partial charge in [-0.15, -0.1) is 11.8 Å². The molecule has 19 heavy (non-hydrogen) atoms. The van der Waals surface area contributed by atoms with Crippen molar-refractivity contribution in [3.63, 3.8) is 0 Å². The van der Waals surface area contributed by atoms with Gasteiger partial charge in [0.1, 0.15) is 11.3 Å². The first-order valence-electron chi connectivity index (χ1n) is 5.96. The largest absolute Gasteiger partial charge is 0.468 e. The van der Waals surface area contributed by atoms with E-state index in [1.807, 2.05) is 0 Å². The first-order valence-corrected chi connectivity index (χ1v) is 6.95. The van der Waals surface area contributed by atoms with Gasteiger partial charge in [-0.05, 0) is 31.5 Å². The van der Waals surface area contributed by atoms with Gasteiger partial charge in [0.15, 0.2) is 0 Å². The highest BCUT2D eigenvalue weighted by molar-refractivity contribution is 7.98. The van der Waals surface area contributed by atoms with Crippen molar-refractivity contribution in [3.8, 4) is 0 Å². The van der Waals surface area contributed by atoms with Gasteiger partial charge in [-0.25, -0.2) is 4.79 Å². The van der Waals surface area contributed by atoms with E-state index in [4.69, 9.17) is 9.15 Å². The van der Waals surface area contributed by atoms with Crippen LogP contribution in [0.4, 0.5) is 0 Å². The van der Waals surface area contributed by atoms with E-state index in [2.05, 4.69) is 32.0 Å². The summed E-state index contributed by atoms with van der Waals surface area (Å²) in [5, 5.41) is 0. The molecule has 0 N–H and O–H groups in total. The normalized spacial score (nSPS) is 10.5. The van der Waals surface area contributed by atoms with Gasteiger partial charge in [0.2, 0.25) is 0 Å². The predicted octanol–water partition coefficient (Wildman–Crippen LogP) is 3.98. The summed E-state index contributed by atoms with van der Waals surface area (Å²) >= 11 is 1.66. The molecule has 1 aromatic carbocycles. The van der Waals surface area contributed by atoms with Crippen molar-refractivity contribution in [2.75, 3.05) is 7.11 Å². The molecule has 0 atom stereocenters. The van der Waals surface area contributed by atoms with Crippen molar-refractivity contribution in [1.82, 2.24) is 0 Å². The average molecular weight is 276 g/mol. The van der Waals surface area contributed by atoms with Gasteiger partial charge in [0.25, 0.3) is 0 Å². The van der Waals surface area contributed by atoms with Crippen molar-refractivity contribution in [2.24, 2.45) is 0 Å². The third kappa shape index (κ3) is 3.20. The maximum atomic E-state index is 11.5. The molecule has 0 amide bonds. The van der Waals surface area contributed by atoms with E-state index in [1.165, 1.54) is 29.4 Å². The van der Waals surface area contributed by atoms with Crippen LogP contribution in [-0.2, 0) is 10.5 Å². The Morgan fingerprint density at radius 2 is 2.11 bits per heavy atom. The molecule has 3 nitrogen and oxygen atoms in total. The molecule has 0 saturated carbocycles. The number of furan rings is 1. The van der Waals surface area contributed by atoms with E-state index < -0.39 is 0 Å².